The molecule has 174 valence electrons. The number of anilines is 1. The van der Waals surface area contributed by atoms with Gasteiger partial charge in [0.05, 0.1) is 26.1 Å². The Balaban J connectivity index is 1.23. The van der Waals surface area contributed by atoms with E-state index in [0.717, 1.165) is 5.75 Å². The summed E-state index contributed by atoms with van der Waals surface area (Å²) in [6.45, 7) is 1.85. The van der Waals surface area contributed by atoms with E-state index in [4.69, 9.17) is 9.47 Å². The van der Waals surface area contributed by atoms with Crippen LogP contribution in [-0.2, 0) is 9.59 Å². The molecule has 2 aliphatic rings. The molecule has 0 spiro atoms. The normalized spacial score (nSPS) is 19.8. The van der Waals surface area contributed by atoms with Crippen molar-refractivity contribution in [3.8, 4) is 11.5 Å². The van der Waals surface area contributed by atoms with Crippen LogP contribution in [-0.4, -0.2) is 68.7 Å². The highest BCUT2D eigenvalue weighted by atomic mass is 16.5. The maximum absolute atomic E-state index is 13.0. The summed E-state index contributed by atoms with van der Waals surface area (Å²) < 4.78 is 10.7. The molecule has 0 radical (unpaired) electrons. The number of hydrogen-bond acceptors (Lipinski definition) is 5. The minimum atomic E-state index is -0.638. The molecular formula is C24H28N4O5. The van der Waals surface area contributed by atoms with Crippen molar-refractivity contribution in [3.05, 3.63) is 54.6 Å². The van der Waals surface area contributed by atoms with Crippen LogP contribution >= 0.6 is 0 Å². The van der Waals surface area contributed by atoms with Gasteiger partial charge in [-0.15, -0.1) is 0 Å². The Kier molecular flexibility index (Phi) is 6.97. The number of nitrogens with one attached hydrogen (secondary N) is 2. The van der Waals surface area contributed by atoms with Gasteiger partial charge in [-0.05, 0) is 42.8 Å². The first-order valence-corrected chi connectivity index (χ1v) is 11.0. The summed E-state index contributed by atoms with van der Waals surface area (Å²) in [5, 5.41) is 5.64. The van der Waals surface area contributed by atoms with Gasteiger partial charge in [0.25, 0.3) is 0 Å². The predicted octanol–water partition coefficient (Wildman–Crippen LogP) is 1.64. The fourth-order valence-electron chi connectivity index (χ4n) is 4.06. The van der Waals surface area contributed by atoms with Gasteiger partial charge in [0, 0.05) is 18.8 Å². The first kappa shape index (κ1) is 22.4. The van der Waals surface area contributed by atoms with Gasteiger partial charge in [0.2, 0.25) is 11.8 Å². The molecule has 2 atom stereocenters. The Morgan fingerprint density at radius 3 is 2.55 bits per heavy atom. The fraction of sp³-hybridized carbons (Fsp3) is 0.375. The second-order valence-electron chi connectivity index (χ2n) is 8.03. The maximum atomic E-state index is 13.0. The van der Waals surface area contributed by atoms with Crippen molar-refractivity contribution < 1.29 is 23.9 Å². The van der Waals surface area contributed by atoms with E-state index in [1.165, 1.54) is 4.90 Å². The molecule has 0 aliphatic carbocycles. The molecule has 2 N–H and O–H groups in total. The van der Waals surface area contributed by atoms with E-state index in [-0.39, 0.29) is 30.3 Å². The van der Waals surface area contributed by atoms with Gasteiger partial charge in [-0.2, -0.15) is 0 Å². The molecule has 9 heteroatoms. The molecule has 0 aromatic heterocycles. The molecule has 33 heavy (non-hydrogen) atoms. The summed E-state index contributed by atoms with van der Waals surface area (Å²) in [4.78, 5) is 41.1. The summed E-state index contributed by atoms with van der Waals surface area (Å²) in [7, 11) is 1.58. The lowest BCUT2D eigenvalue weighted by Gasteiger charge is -2.20. The smallest absolute Gasteiger partial charge is 0.322 e. The van der Waals surface area contributed by atoms with E-state index in [1.807, 2.05) is 30.3 Å². The lowest BCUT2D eigenvalue weighted by molar-refractivity contribution is -0.132. The Morgan fingerprint density at radius 2 is 1.82 bits per heavy atom. The van der Waals surface area contributed by atoms with Crippen molar-refractivity contribution in [2.24, 2.45) is 5.92 Å². The average molecular weight is 453 g/mol. The quantitative estimate of drug-likeness (QED) is 0.593. The summed E-state index contributed by atoms with van der Waals surface area (Å²) in [6.07, 6.45) is 0.597. The first-order chi connectivity index (χ1) is 16.0. The molecule has 9 nitrogen and oxygen atoms in total. The van der Waals surface area contributed by atoms with Gasteiger partial charge in [-0.3, -0.25) is 14.5 Å². The predicted molar refractivity (Wildman–Crippen MR) is 122 cm³/mol. The fourth-order valence-corrected chi connectivity index (χ4v) is 4.06. The molecule has 2 unspecified atom stereocenters. The number of methoxy groups -OCH3 is 1. The SMILES string of the molecule is COc1ccc(N2CC(C(=O)N3CCC(C(=O)NCCOc4ccccc4)C3)NC2=O)cc1. The van der Waals surface area contributed by atoms with Crippen LogP contribution in [0.5, 0.6) is 11.5 Å². The van der Waals surface area contributed by atoms with Gasteiger partial charge >= 0.3 is 6.03 Å². The largest absolute Gasteiger partial charge is 0.497 e. The molecule has 2 heterocycles. The summed E-state index contributed by atoms with van der Waals surface area (Å²) in [5.41, 5.74) is 0.694. The van der Waals surface area contributed by atoms with Crippen molar-refractivity contribution in [1.29, 1.82) is 0 Å². The van der Waals surface area contributed by atoms with Crippen molar-refractivity contribution in [2.45, 2.75) is 12.5 Å². The Hall–Kier alpha value is -3.75. The van der Waals surface area contributed by atoms with E-state index in [0.29, 0.717) is 44.1 Å². The minimum absolute atomic E-state index is 0.0859. The highest BCUT2D eigenvalue weighted by Crippen LogP contribution is 2.24. The number of likely N-dealkylation sites (tertiary alicyclic amines) is 1. The van der Waals surface area contributed by atoms with Gasteiger partial charge in [-0.1, -0.05) is 18.2 Å². The molecule has 2 fully saturated rings. The van der Waals surface area contributed by atoms with E-state index in [1.54, 1.807) is 36.3 Å². The highest BCUT2D eigenvalue weighted by molar-refractivity contribution is 6.00. The number of benzene rings is 2. The van der Waals surface area contributed by atoms with Crippen LogP contribution in [0.15, 0.2) is 54.6 Å². The average Bonchev–Trinajstić information content (AvgIpc) is 3.49. The number of amides is 4. The van der Waals surface area contributed by atoms with Crippen molar-refractivity contribution in [1.82, 2.24) is 15.5 Å². The topological polar surface area (TPSA) is 100 Å². The second kappa shape index (κ2) is 10.2. The summed E-state index contributed by atoms with van der Waals surface area (Å²) in [6, 6.07) is 15.6. The third kappa shape index (κ3) is 5.36. The second-order valence-corrected chi connectivity index (χ2v) is 8.03. The number of rotatable bonds is 8. The zero-order valence-corrected chi connectivity index (χ0v) is 18.5. The van der Waals surface area contributed by atoms with Crippen molar-refractivity contribution in [3.63, 3.8) is 0 Å². The first-order valence-electron chi connectivity index (χ1n) is 11.0. The number of carbonyl (C=O) groups is 3. The van der Waals surface area contributed by atoms with Crippen LogP contribution in [0, 0.1) is 5.92 Å². The minimum Gasteiger partial charge on any atom is -0.497 e. The zero-order chi connectivity index (χ0) is 23.2. The number of urea groups is 1. The van der Waals surface area contributed by atoms with E-state index >= 15 is 0 Å². The maximum Gasteiger partial charge on any atom is 0.322 e. The molecule has 2 aliphatic heterocycles. The van der Waals surface area contributed by atoms with Crippen molar-refractivity contribution >= 4 is 23.5 Å². The van der Waals surface area contributed by atoms with Crippen LogP contribution in [0.4, 0.5) is 10.5 Å². The number of nitrogens with zero attached hydrogens (tertiary/aromatic N) is 2. The third-order valence-corrected chi connectivity index (χ3v) is 5.87. The number of para-hydroxylation sites is 1. The molecule has 2 saturated heterocycles. The molecule has 0 saturated carbocycles. The Bertz CT molecular complexity index is 982. The van der Waals surface area contributed by atoms with Crippen LogP contribution in [0.25, 0.3) is 0 Å². The molecule has 2 aromatic rings. The molecular weight excluding hydrogens is 424 g/mol. The van der Waals surface area contributed by atoms with E-state index in [2.05, 4.69) is 10.6 Å². The lowest BCUT2D eigenvalue weighted by Crippen LogP contribution is -2.45. The van der Waals surface area contributed by atoms with Gasteiger partial charge in [0.1, 0.15) is 24.1 Å². The van der Waals surface area contributed by atoms with Crippen LogP contribution in [0.3, 0.4) is 0 Å². The van der Waals surface area contributed by atoms with Crippen LogP contribution < -0.4 is 25.0 Å². The Morgan fingerprint density at radius 1 is 1.06 bits per heavy atom. The number of ether oxygens (including phenoxy) is 2. The number of carbonyl (C=O) groups excluding carboxylic acids is 3. The summed E-state index contributed by atoms with van der Waals surface area (Å²) >= 11 is 0. The molecule has 0 bridgehead atoms. The van der Waals surface area contributed by atoms with Crippen molar-refractivity contribution in [2.75, 3.05) is 44.8 Å². The number of hydrogen-bond donors (Lipinski definition) is 2. The molecule has 4 rings (SSSR count). The summed E-state index contributed by atoms with van der Waals surface area (Å²) in [5.74, 6) is 0.936. The Labute approximate surface area is 192 Å². The van der Waals surface area contributed by atoms with Gasteiger partial charge in [0.15, 0.2) is 0 Å². The molecule has 4 amide bonds. The highest BCUT2D eigenvalue weighted by Gasteiger charge is 2.39. The van der Waals surface area contributed by atoms with Gasteiger partial charge < -0.3 is 25.0 Å². The van der Waals surface area contributed by atoms with E-state index < -0.39 is 6.04 Å². The van der Waals surface area contributed by atoms with Crippen LogP contribution in [0.1, 0.15) is 6.42 Å². The zero-order valence-electron chi connectivity index (χ0n) is 18.5. The van der Waals surface area contributed by atoms with Crippen LogP contribution in [0.2, 0.25) is 0 Å². The van der Waals surface area contributed by atoms with Gasteiger partial charge in [-0.25, -0.2) is 4.79 Å². The monoisotopic (exact) mass is 452 g/mol. The standard InChI is InChI=1S/C24H28N4O5/c1-32-19-9-7-18(8-10-19)28-16-21(26-24(28)31)23(30)27-13-11-17(15-27)22(29)25-12-14-33-20-5-3-2-4-6-20/h2-10,17,21H,11-16H2,1H3,(H,25,29)(H,26,31). The van der Waals surface area contributed by atoms with E-state index in [9.17, 15) is 14.4 Å². The lowest BCUT2D eigenvalue weighted by atomic mass is 10.1. The molecule has 2 aromatic carbocycles. The third-order valence-electron chi connectivity index (χ3n) is 5.87.